The highest BCUT2D eigenvalue weighted by molar-refractivity contribution is 5.78. The monoisotopic (exact) mass is 673 g/mol. The van der Waals surface area contributed by atoms with Gasteiger partial charge in [-0.3, -0.25) is 9.59 Å². The standard InChI is InChI=1S/C42H72O6/c1-11-30(28(2)3)13-12-29(4)34-16-17-35-33-15-14-31-24-32(20-22-41(31,9)36(33)21-23-42(34,35)10)47-37(44)18-19-38(45)48-40(7,8)27-46-26-39(5,6)25-43/h14,28-30,32-36,43H,11-13,15-27H2,1-10H3. The Morgan fingerprint density at radius 1 is 0.938 bits per heavy atom. The SMILES string of the molecule is CCC(CCC(C)C1CCC2C3CC=C4CC(OC(=O)CCC(=O)OC(C)(C)COCC(C)(C)CO)CCC4(C)C3CCC12C)C(C)C. The molecule has 0 aromatic heterocycles. The smallest absolute Gasteiger partial charge is 0.306 e. The van der Waals surface area contributed by atoms with E-state index in [1.807, 2.05) is 13.8 Å². The van der Waals surface area contributed by atoms with Gasteiger partial charge in [0, 0.05) is 11.8 Å². The lowest BCUT2D eigenvalue weighted by atomic mass is 9.47. The first-order valence-electron chi connectivity index (χ1n) is 19.7. The molecule has 0 heterocycles. The molecule has 3 fully saturated rings. The minimum Gasteiger partial charge on any atom is -0.462 e. The van der Waals surface area contributed by atoms with Crippen molar-refractivity contribution in [2.24, 2.45) is 57.7 Å². The largest absolute Gasteiger partial charge is 0.462 e. The van der Waals surface area contributed by atoms with Gasteiger partial charge in [0.25, 0.3) is 0 Å². The molecule has 9 atom stereocenters. The molecule has 0 aliphatic heterocycles. The Morgan fingerprint density at radius 3 is 2.31 bits per heavy atom. The molecule has 0 aromatic rings. The normalized spacial score (nSPS) is 33.2. The van der Waals surface area contributed by atoms with E-state index < -0.39 is 11.6 Å². The molecule has 276 valence electrons. The molecule has 0 saturated heterocycles. The van der Waals surface area contributed by atoms with E-state index in [1.54, 1.807) is 13.8 Å². The van der Waals surface area contributed by atoms with Gasteiger partial charge in [0.2, 0.25) is 0 Å². The molecule has 0 spiro atoms. The summed E-state index contributed by atoms with van der Waals surface area (Å²) in [6.45, 7) is 23.0. The number of allylic oxidation sites excluding steroid dienone is 1. The summed E-state index contributed by atoms with van der Waals surface area (Å²) in [7, 11) is 0. The summed E-state index contributed by atoms with van der Waals surface area (Å²) >= 11 is 0. The van der Waals surface area contributed by atoms with E-state index in [-0.39, 0.29) is 49.0 Å². The molecular formula is C42H72O6. The van der Waals surface area contributed by atoms with Crippen molar-refractivity contribution in [2.45, 2.75) is 164 Å². The summed E-state index contributed by atoms with van der Waals surface area (Å²) in [5.41, 5.74) is 1.05. The molecule has 4 aliphatic carbocycles. The summed E-state index contributed by atoms with van der Waals surface area (Å²) in [4.78, 5) is 25.4. The van der Waals surface area contributed by atoms with E-state index in [0.717, 1.165) is 60.7 Å². The van der Waals surface area contributed by atoms with Crippen LogP contribution < -0.4 is 0 Å². The van der Waals surface area contributed by atoms with Crippen LogP contribution in [0, 0.1) is 57.7 Å². The van der Waals surface area contributed by atoms with Crippen LogP contribution in [0.2, 0.25) is 0 Å². The average Bonchev–Trinajstić information content (AvgIpc) is 3.37. The van der Waals surface area contributed by atoms with E-state index in [1.165, 1.54) is 56.9 Å². The summed E-state index contributed by atoms with van der Waals surface area (Å²) in [5.74, 6) is 4.96. The molecule has 0 aromatic carbocycles. The first kappa shape index (κ1) is 39.4. The lowest BCUT2D eigenvalue weighted by Crippen LogP contribution is -2.51. The van der Waals surface area contributed by atoms with Crippen molar-refractivity contribution in [3.05, 3.63) is 11.6 Å². The second-order valence-electron chi connectivity index (χ2n) is 18.9. The third-order valence-corrected chi connectivity index (χ3v) is 13.9. The molecule has 3 saturated carbocycles. The van der Waals surface area contributed by atoms with Crippen LogP contribution in [0.5, 0.6) is 0 Å². The number of hydrogen-bond donors (Lipinski definition) is 1. The molecule has 48 heavy (non-hydrogen) atoms. The molecule has 0 bridgehead atoms. The van der Waals surface area contributed by atoms with Crippen molar-refractivity contribution in [3.63, 3.8) is 0 Å². The van der Waals surface area contributed by atoms with E-state index in [4.69, 9.17) is 14.2 Å². The number of rotatable bonds is 16. The zero-order valence-corrected chi connectivity index (χ0v) is 32.5. The Kier molecular flexibility index (Phi) is 13.0. The minimum atomic E-state index is -0.814. The Hall–Kier alpha value is -1.40. The summed E-state index contributed by atoms with van der Waals surface area (Å²) in [6, 6.07) is 0. The molecule has 6 nitrogen and oxygen atoms in total. The first-order chi connectivity index (χ1) is 22.4. The van der Waals surface area contributed by atoms with Gasteiger partial charge in [0.1, 0.15) is 11.7 Å². The Labute approximate surface area is 293 Å². The third-order valence-electron chi connectivity index (χ3n) is 13.9. The predicted octanol–water partition coefficient (Wildman–Crippen LogP) is 9.71. The van der Waals surface area contributed by atoms with Gasteiger partial charge in [-0.2, -0.15) is 0 Å². The Morgan fingerprint density at radius 2 is 1.65 bits per heavy atom. The molecule has 4 rings (SSSR count). The fourth-order valence-corrected chi connectivity index (χ4v) is 10.8. The number of aliphatic hydroxyl groups excluding tert-OH is 1. The molecule has 9 unspecified atom stereocenters. The van der Waals surface area contributed by atoms with Gasteiger partial charge in [-0.15, -0.1) is 0 Å². The van der Waals surface area contributed by atoms with Crippen LogP contribution in [0.1, 0.15) is 153 Å². The van der Waals surface area contributed by atoms with E-state index in [9.17, 15) is 14.7 Å². The predicted molar refractivity (Wildman–Crippen MR) is 193 cm³/mol. The number of carbonyl (C=O) groups excluding carboxylic acids is 2. The number of ether oxygens (including phenoxy) is 3. The third kappa shape index (κ3) is 9.09. The second kappa shape index (κ2) is 15.9. The molecule has 4 aliphatic rings. The highest BCUT2D eigenvalue weighted by Gasteiger charge is 2.59. The second-order valence-corrected chi connectivity index (χ2v) is 18.9. The number of carbonyl (C=O) groups is 2. The van der Waals surface area contributed by atoms with Crippen molar-refractivity contribution in [1.82, 2.24) is 0 Å². The van der Waals surface area contributed by atoms with Crippen molar-refractivity contribution in [3.8, 4) is 0 Å². The average molecular weight is 673 g/mol. The molecule has 6 heteroatoms. The van der Waals surface area contributed by atoms with Crippen molar-refractivity contribution in [1.29, 1.82) is 0 Å². The molecule has 0 amide bonds. The van der Waals surface area contributed by atoms with Crippen molar-refractivity contribution < 1.29 is 28.9 Å². The minimum absolute atomic E-state index is 0.00202. The van der Waals surface area contributed by atoms with Crippen molar-refractivity contribution >= 4 is 11.9 Å². The number of aliphatic hydroxyl groups is 1. The number of hydrogen-bond acceptors (Lipinski definition) is 6. The molecule has 1 N–H and O–H groups in total. The summed E-state index contributed by atoms with van der Waals surface area (Å²) in [6.07, 6.45) is 16.1. The van der Waals surface area contributed by atoms with Gasteiger partial charge in [-0.25, -0.2) is 0 Å². The lowest BCUT2D eigenvalue weighted by Gasteiger charge is -2.58. The maximum atomic E-state index is 12.8. The number of fused-ring (bicyclic) bond motifs is 5. The lowest BCUT2D eigenvalue weighted by molar-refractivity contribution is -0.166. The quantitative estimate of drug-likeness (QED) is 0.130. The van der Waals surface area contributed by atoms with Crippen LogP contribution in [0.25, 0.3) is 0 Å². The fraction of sp³-hybridized carbons (Fsp3) is 0.905. The van der Waals surface area contributed by atoms with E-state index in [2.05, 4.69) is 47.6 Å². The zero-order valence-electron chi connectivity index (χ0n) is 32.5. The maximum absolute atomic E-state index is 12.8. The molecular weight excluding hydrogens is 600 g/mol. The van der Waals surface area contributed by atoms with E-state index >= 15 is 0 Å². The van der Waals surface area contributed by atoms with Crippen LogP contribution in [0.3, 0.4) is 0 Å². The van der Waals surface area contributed by atoms with Gasteiger partial charge in [-0.05, 0) is 117 Å². The highest BCUT2D eigenvalue weighted by Crippen LogP contribution is 2.67. The van der Waals surface area contributed by atoms with Gasteiger partial charge < -0.3 is 19.3 Å². The summed E-state index contributed by atoms with van der Waals surface area (Å²) in [5, 5.41) is 9.42. The van der Waals surface area contributed by atoms with Crippen LogP contribution in [-0.4, -0.2) is 48.6 Å². The topological polar surface area (TPSA) is 82.1 Å². The van der Waals surface area contributed by atoms with Gasteiger partial charge in [0.05, 0.1) is 32.7 Å². The Balaban J connectivity index is 1.26. The van der Waals surface area contributed by atoms with Crippen LogP contribution in [0.15, 0.2) is 11.6 Å². The zero-order chi connectivity index (χ0) is 35.5. The highest BCUT2D eigenvalue weighted by atomic mass is 16.6. The van der Waals surface area contributed by atoms with Gasteiger partial charge in [0.15, 0.2) is 0 Å². The van der Waals surface area contributed by atoms with Crippen LogP contribution in [-0.2, 0) is 23.8 Å². The first-order valence-corrected chi connectivity index (χ1v) is 19.7. The number of esters is 2. The fourth-order valence-electron chi connectivity index (χ4n) is 10.8. The van der Waals surface area contributed by atoms with Crippen LogP contribution in [0.4, 0.5) is 0 Å². The van der Waals surface area contributed by atoms with Crippen molar-refractivity contribution in [2.75, 3.05) is 19.8 Å². The van der Waals surface area contributed by atoms with E-state index in [0.29, 0.717) is 12.0 Å². The summed E-state index contributed by atoms with van der Waals surface area (Å²) < 4.78 is 17.3. The maximum Gasteiger partial charge on any atom is 0.306 e. The van der Waals surface area contributed by atoms with Gasteiger partial charge >= 0.3 is 11.9 Å². The van der Waals surface area contributed by atoms with Crippen LogP contribution >= 0.6 is 0 Å². The van der Waals surface area contributed by atoms with Gasteiger partial charge in [-0.1, -0.05) is 79.9 Å². The molecule has 0 radical (unpaired) electrons. The Bertz CT molecular complexity index is 1120.